The summed E-state index contributed by atoms with van der Waals surface area (Å²) in [5.74, 6) is 0.964. The summed E-state index contributed by atoms with van der Waals surface area (Å²) in [6.45, 7) is 6.34. The van der Waals surface area contributed by atoms with E-state index in [9.17, 15) is 19.8 Å². The third-order valence-electron chi connectivity index (χ3n) is 13.2. The molecule has 6 aromatic carbocycles. The molecular formula is C54H62Br2N2O5. The maximum atomic E-state index is 13.3. The molecular weight excluding hydrogens is 916 g/mol. The van der Waals surface area contributed by atoms with Gasteiger partial charge in [-0.15, -0.1) is 34.0 Å². The molecule has 8 rings (SSSR count). The van der Waals surface area contributed by atoms with Gasteiger partial charge >= 0.3 is 0 Å². The number of halogens is 2. The van der Waals surface area contributed by atoms with E-state index in [2.05, 4.69) is 72.2 Å². The lowest BCUT2D eigenvalue weighted by Crippen LogP contribution is -2.53. The second kappa shape index (κ2) is 23.5. The number of anilines is 2. The van der Waals surface area contributed by atoms with Gasteiger partial charge in [0.1, 0.15) is 11.5 Å². The second-order valence-corrected chi connectivity index (χ2v) is 17.0. The highest BCUT2D eigenvalue weighted by atomic mass is 79.9. The Balaban J connectivity index is 0.000000264. The van der Waals surface area contributed by atoms with E-state index < -0.39 is 0 Å². The predicted molar refractivity (Wildman–Crippen MR) is 268 cm³/mol. The summed E-state index contributed by atoms with van der Waals surface area (Å²) >= 11 is 0. The zero-order valence-corrected chi connectivity index (χ0v) is 39.7. The fourth-order valence-corrected chi connectivity index (χ4v) is 9.88. The lowest BCUT2D eigenvalue weighted by Gasteiger charge is -2.50. The highest BCUT2D eigenvalue weighted by Crippen LogP contribution is 2.46. The average molecular weight is 979 g/mol. The Kier molecular flexibility index (Phi) is 18.8. The first-order valence-electron chi connectivity index (χ1n) is 21.5. The molecule has 9 heteroatoms. The summed E-state index contributed by atoms with van der Waals surface area (Å²) in [4.78, 5) is 31.3. The minimum absolute atomic E-state index is 0. The van der Waals surface area contributed by atoms with Gasteiger partial charge in [0.2, 0.25) is 0 Å². The Labute approximate surface area is 394 Å². The van der Waals surface area contributed by atoms with Crippen molar-refractivity contribution < 1.29 is 25.3 Å². The molecule has 0 amide bonds. The molecule has 0 saturated carbocycles. The Morgan fingerprint density at radius 1 is 0.508 bits per heavy atom. The van der Waals surface area contributed by atoms with Crippen LogP contribution in [0.3, 0.4) is 0 Å². The molecule has 0 aliphatic carbocycles. The molecule has 4 unspecified atom stereocenters. The van der Waals surface area contributed by atoms with Crippen LogP contribution in [0.1, 0.15) is 84.2 Å². The summed E-state index contributed by atoms with van der Waals surface area (Å²) in [6, 6.07) is 55.6. The summed E-state index contributed by atoms with van der Waals surface area (Å²) in [7, 11) is 0. The lowest BCUT2D eigenvalue weighted by atomic mass is 9.66. The average Bonchev–Trinajstić information content (AvgIpc) is 3.27. The molecule has 2 saturated heterocycles. The molecule has 0 radical (unpaired) electrons. The van der Waals surface area contributed by atoms with Crippen LogP contribution in [0.4, 0.5) is 11.4 Å². The Morgan fingerprint density at radius 2 is 0.841 bits per heavy atom. The molecule has 63 heavy (non-hydrogen) atoms. The van der Waals surface area contributed by atoms with E-state index in [0.29, 0.717) is 12.8 Å². The molecule has 0 aromatic heterocycles. The van der Waals surface area contributed by atoms with Gasteiger partial charge in [0.15, 0.2) is 11.6 Å². The van der Waals surface area contributed by atoms with Crippen LogP contribution in [0.25, 0.3) is 0 Å². The van der Waals surface area contributed by atoms with Crippen molar-refractivity contribution in [2.24, 2.45) is 10.8 Å². The number of Topliss-reactive ketones (excluding diaryl/α,β-unsaturated/α-hetero) is 2. The SMILES string of the molecule is Br.Br.CC1N(c2cccc(O)c2)CCCC1(CC(=O)c1ccccc1)Cc1ccccc1.CC1N(c2cccc(O)c2)CCCC1(CC(=O)c1ccccc1)Cc1ccccc1.O. The topological polar surface area (TPSA) is 113 Å². The number of nitrogens with zero attached hydrogens (tertiary/aromatic N) is 2. The molecule has 4 N–H and O–H groups in total. The van der Waals surface area contributed by atoms with Gasteiger partial charge in [0.05, 0.1) is 0 Å². The van der Waals surface area contributed by atoms with Crippen molar-refractivity contribution in [1.29, 1.82) is 0 Å². The zero-order valence-electron chi connectivity index (χ0n) is 36.3. The quantitative estimate of drug-likeness (QED) is 0.118. The first-order valence-corrected chi connectivity index (χ1v) is 21.5. The van der Waals surface area contributed by atoms with Crippen LogP contribution < -0.4 is 9.80 Å². The highest BCUT2D eigenvalue weighted by Gasteiger charge is 2.45. The fraction of sp³-hybridized carbons (Fsp3) is 0.296. The van der Waals surface area contributed by atoms with Crippen molar-refractivity contribution in [3.63, 3.8) is 0 Å². The van der Waals surface area contributed by atoms with Crippen LogP contribution in [-0.4, -0.2) is 52.4 Å². The van der Waals surface area contributed by atoms with Crippen LogP contribution in [0, 0.1) is 10.8 Å². The Bertz CT molecular complexity index is 2150. The number of carbonyl (C=O) groups is 2. The summed E-state index contributed by atoms with van der Waals surface area (Å²) < 4.78 is 0. The summed E-state index contributed by atoms with van der Waals surface area (Å²) in [5, 5.41) is 20.0. The second-order valence-electron chi connectivity index (χ2n) is 17.0. The number of aromatic hydroxyl groups is 2. The molecule has 2 heterocycles. The van der Waals surface area contributed by atoms with Crippen LogP contribution in [0.15, 0.2) is 170 Å². The van der Waals surface area contributed by atoms with Crippen molar-refractivity contribution in [3.8, 4) is 11.5 Å². The molecule has 4 atom stereocenters. The van der Waals surface area contributed by atoms with Crippen LogP contribution in [-0.2, 0) is 12.8 Å². The number of piperidine rings is 2. The fourth-order valence-electron chi connectivity index (χ4n) is 9.88. The van der Waals surface area contributed by atoms with Crippen molar-refractivity contribution in [3.05, 3.63) is 192 Å². The molecule has 2 aliphatic heterocycles. The molecule has 7 nitrogen and oxygen atoms in total. The molecule has 0 spiro atoms. The standard InChI is InChI=1S/2C27H29NO2.2BrH.H2O/c2*1-21-27(19-22-10-4-2-5-11-22,20-26(30)23-12-6-3-7-13-23)16-9-17-28(21)24-14-8-15-25(29)18-24;;;/h2*2-8,10-15,18,21,29H,9,16-17,19-20H2,1H3;2*1H;1H2. The number of rotatable bonds is 12. The van der Waals surface area contributed by atoms with E-state index in [1.165, 1.54) is 11.1 Å². The smallest absolute Gasteiger partial charge is 0.163 e. The first-order chi connectivity index (χ1) is 29.1. The number of hydrogen-bond donors (Lipinski definition) is 2. The van der Waals surface area contributed by atoms with Crippen LogP contribution in [0.5, 0.6) is 11.5 Å². The maximum Gasteiger partial charge on any atom is 0.163 e. The minimum atomic E-state index is -0.169. The number of phenolic OH excluding ortho intramolecular Hbond substituents is 2. The van der Waals surface area contributed by atoms with Crippen LogP contribution in [0.2, 0.25) is 0 Å². The van der Waals surface area contributed by atoms with E-state index in [1.54, 1.807) is 12.1 Å². The molecule has 2 aliphatic rings. The normalized spacial score (nSPS) is 20.3. The number of benzene rings is 6. The van der Waals surface area contributed by atoms with Crippen molar-refractivity contribution >= 4 is 56.9 Å². The summed E-state index contributed by atoms with van der Waals surface area (Å²) in [5.41, 5.74) is 5.80. The van der Waals surface area contributed by atoms with Gasteiger partial charge in [-0.1, -0.05) is 133 Å². The van der Waals surface area contributed by atoms with Gasteiger partial charge < -0.3 is 25.5 Å². The Morgan fingerprint density at radius 3 is 1.17 bits per heavy atom. The van der Waals surface area contributed by atoms with E-state index in [0.717, 1.165) is 74.1 Å². The van der Waals surface area contributed by atoms with Crippen molar-refractivity contribution in [2.45, 2.75) is 77.3 Å². The highest BCUT2D eigenvalue weighted by molar-refractivity contribution is 8.93. The predicted octanol–water partition coefficient (Wildman–Crippen LogP) is 12.1. The number of ketones is 2. The van der Waals surface area contributed by atoms with Crippen molar-refractivity contribution in [2.75, 3.05) is 22.9 Å². The van der Waals surface area contributed by atoms with Gasteiger partial charge in [0, 0.05) is 83.5 Å². The molecule has 0 bridgehead atoms. The first kappa shape index (κ1) is 50.4. The minimum Gasteiger partial charge on any atom is -0.508 e. The Hall–Kier alpha value is -5.22. The van der Waals surface area contributed by atoms with E-state index in [-0.39, 0.29) is 85.4 Å². The van der Waals surface area contributed by atoms with Gasteiger partial charge in [-0.3, -0.25) is 9.59 Å². The maximum absolute atomic E-state index is 13.3. The van der Waals surface area contributed by atoms with Gasteiger partial charge in [-0.25, -0.2) is 0 Å². The van der Waals surface area contributed by atoms with Gasteiger partial charge in [-0.05, 0) is 87.8 Å². The van der Waals surface area contributed by atoms with Gasteiger partial charge in [-0.2, -0.15) is 0 Å². The molecule has 2 fully saturated rings. The van der Waals surface area contributed by atoms with Crippen LogP contribution >= 0.6 is 34.0 Å². The third kappa shape index (κ3) is 12.5. The van der Waals surface area contributed by atoms with E-state index in [1.807, 2.05) is 109 Å². The molecule has 332 valence electrons. The number of carbonyl (C=O) groups excluding carboxylic acids is 2. The molecule has 6 aromatic rings. The van der Waals surface area contributed by atoms with E-state index >= 15 is 0 Å². The monoisotopic (exact) mass is 976 g/mol. The van der Waals surface area contributed by atoms with Gasteiger partial charge in [0.25, 0.3) is 0 Å². The van der Waals surface area contributed by atoms with Crippen molar-refractivity contribution in [1.82, 2.24) is 0 Å². The third-order valence-corrected chi connectivity index (χ3v) is 13.2. The summed E-state index contributed by atoms with van der Waals surface area (Å²) in [6.07, 6.45) is 6.83. The largest absolute Gasteiger partial charge is 0.508 e. The van der Waals surface area contributed by atoms with E-state index in [4.69, 9.17) is 0 Å². The number of phenols is 2. The number of hydrogen-bond acceptors (Lipinski definition) is 6. The lowest BCUT2D eigenvalue weighted by molar-refractivity contribution is 0.0826. The zero-order chi connectivity index (χ0) is 42.0.